The molecule has 0 rings (SSSR count). The predicted molar refractivity (Wildman–Crippen MR) is 47.0 cm³/mol. The number of hydrogen-bond donors (Lipinski definition) is 1. The maximum absolute atomic E-state index is 3.81. The van der Waals surface area contributed by atoms with Crippen LogP contribution in [0.3, 0.4) is 0 Å². The average molecular weight is 142 g/mol. The maximum atomic E-state index is 3.81. The fourth-order valence-corrected chi connectivity index (χ4v) is 1.01. The lowest BCUT2D eigenvalue weighted by molar-refractivity contribution is 0.599. The topological polar surface area (TPSA) is 12.0 Å². The van der Waals surface area contributed by atoms with Crippen LogP contribution in [-0.2, 0) is 0 Å². The molecule has 1 heteroatoms. The first kappa shape index (κ1) is 9.96. The fourth-order valence-electron chi connectivity index (χ4n) is 1.01. The van der Waals surface area contributed by atoms with Gasteiger partial charge in [0.1, 0.15) is 0 Å². The third-order valence-electron chi connectivity index (χ3n) is 1.68. The van der Waals surface area contributed by atoms with Gasteiger partial charge in [-0.05, 0) is 20.0 Å². The summed E-state index contributed by atoms with van der Waals surface area (Å²) in [6.45, 7) is 4.98. The number of unbranched alkanes of at least 4 members (excludes halogenated alkanes) is 5. The summed E-state index contributed by atoms with van der Waals surface area (Å²) < 4.78 is 0. The first-order chi connectivity index (χ1) is 4.91. The molecule has 0 bridgehead atoms. The summed E-state index contributed by atoms with van der Waals surface area (Å²) in [5, 5.41) is 3.15. The smallest absolute Gasteiger partial charge is 0.00519 e. The SMILES string of the molecule is [CH2]CCCCCCCNC. The largest absolute Gasteiger partial charge is 0.320 e. The van der Waals surface area contributed by atoms with E-state index in [2.05, 4.69) is 12.2 Å². The standard InChI is InChI=1S/C9H20N/c1-3-4-5-6-7-8-9-10-2/h10H,1,3-9H2,2H3. The predicted octanol–water partition coefficient (Wildman–Crippen LogP) is 2.38. The zero-order valence-electron chi connectivity index (χ0n) is 7.16. The van der Waals surface area contributed by atoms with E-state index in [0.717, 1.165) is 6.42 Å². The van der Waals surface area contributed by atoms with Crippen LogP contribution in [0.25, 0.3) is 0 Å². The fraction of sp³-hybridized carbons (Fsp3) is 0.889. The molecule has 0 aromatic rings. The third kappa shape index (κ3) is 7.96. The van der Waals surface area contributed by atoms with Gasteiger partial charge in [-0.1, -0.05) is 39.0 Å². The van der Waals surface area contributed by atoms with Crippen molar-refractivity contribution in [3.8, 4) is 0 Å². The Bertz CT molecular complexity index is 44.7. The molecule has 1 nitrogen and oxygen atoms in total. The molecule has 10 heavy (non-hydrogen) atoms. The minimum absolute atomic E-state index is 1.10. The van der Waals surface area contributed by atoms with E-state index < -0.39 is 0 Å². The van der Waals surface area contributed by atoms with Gasteiger partial charge in [-0.15, -0.1) is 0 Å². The van der Waals surface area contributed by atoms with Crippen LogP contribution in [0.4, 0.5) is 0 Å². The summed E-state index contributed by atoms with van der Waals surface area (Å²) in [6.07, 6.45) is 7.87. The molecule has 0 aliphatic rings. The van der Waals surface area contributed by atoms with E-state index in [1.807, 2.05) is 7.05 Å². The highest BCUT2D eigenvalue weighted by Gasteiger charge is 1.87. The Hall–Kier alpha value is -0.0400. The molecule has 1 radical (unpaired) electrons. The van der Waals surface area contributed by atoms with Crippen molar-refractivity contribution in [1.29, 1.82) is 0 Å². The summed E-state index contributed by atoms with van der Waals surface area (Å²) in [5.41, 5.74) is 0. The van der Waals surface area contributed by atoms with E-state index in [-0.39, 0.29) is 0 Å². The molecule has 0 saturated carbocycles. The van der Waals surface area contributed by atoms with Crippen LogP contribution in [0.2, 0.25) is 0 Å². The molecule has 0 aromatic carbocycles. The van der Waals surface area contributed by atoms with Crippen LogP contribution in [0.5, 0.6) is 0 Å². The van der Waals surface area contributed by atoms with Gasteiger partial charge in [-0.25, -0.2) is 0 Å². The summed E-state index contributed by atoms with van der Waals surface area (Å²) >= 11 is 0. The summed E-state index contributed by atoms with van der Waals surface area (Å²) in [5.74, 6) is 0. The molecule has 0 heterocycles. The number of nitrogens with one attached hydrogen (secondary N) is 1. The lowest BCUT2D eigenvalue weighted by atomic mass is 10.1. The van der Waals surface area contributed by atoms with Gasteiger partial charge in [-0.2, -0.15) is 0 Å². The maximum Gasteiger partial charge on any atom is -0.00519 e. The van der Waals surface area contributed by atoms with Crippen molar-refractivity contribution in [3.05, 3.63) is 6.92 Å². The summed E-state index contributed by atoms with van der Waals surface area (Å²) in [6, 6.07) is 0. The Balaban J connectivity index is 2.65. The first-order valence-electron chi connectivity index (χ1n) is 4.35. The Labute approximate surface area is 65.2 Å². The van der Waals surface area contributed by atoms with E-state index in [1.54, 1.807) is 0 Å². The molecular weight excluding hydrogens is 122 g/mol. The van der Waals surface area contributed by atoms with Crippen LogP contribution >= 0.6 is 0 Å². The van der Waals surface area contributed by atoms with E-state index in [1.165, 1.54) is 38.6 Å². The normalized spacial score (nSPS) is 10.2. The average Bonchev–Trinajstić information content (AvgIpc) is 1.97. The molecule has 61 valence electrons. The van der Waals surface area contributed by atoms with Crippen molar-refractivity contribution < 1.29 is 0 Å². The summed E-state index contributed by atoms with van der Waals surface area (Å²) in [4.78, 5) is 0. The Morgan fingerprint density at radius 3 is 2.20 bits per heavy atom. The van der Waals surface area contributed by atoms with Crippen LogP contribution in [-0.4, -0.2) is 13.6 Å². The van der Waals surface area contributed by atoms with Gasteiger partial charge >= 0.3 is 0 Å². The van der Waals surface area contributed by atoms with Crippen molar-refractivity contribution in [1.82, 2.24) is 5.32 Å². The molecule has 0 aliphatic heterocycles. The van der Waals surface area contributed by atoms with Gasteiger partial charge < -0.3 is 5.32 Å². The molecule has 0 saturated heterocycles. The molecule has 1 N–H and O–H groups in total. The third-order valence-corrected chi connectivity index (χ3v) is 1.68. The van der Waals surface area contributed by atoms with Crippen molar-refractivity contribution in [3.63, 3.8) is 0 Å². The molecule has 0 spiro atoms. The van der Waals surface area contributed by atoms with Crippen molar-refractivity contribution in [2.24, 2.45) is 0 Å². The van der Waals surface area contributed by atoms with Crippen LogP contribution in [0.1, 0.15) is 38.5 Å². The van der Waals surface area contributed by atoms with E-state index in [4.69, 9.17) is 0 Å². The zero-order chi connectivity index (χ0) is 7.66. The quantitative estimate of drug-likeness (QED) is 0.538. The Kier molecular flexibility index (Phi) is 8.92. The van der Waals surface area contributed by atoms with E-state index in [9.17, 15) is 0 Å². The lowest BCUT2D eigenvalue weighted by Crippen LogP contribution is -2.06. The molecule has 0 unspecified atom stereocenters. The monoisotopic (exact) mass is 142 g/mol. The molecule has 0 fully saturated rings. The van der Waals surface area contributed by atoms with Crippen LogP contribution in [0.15, 0.2) is 0 Å². The highest BCUT2D eigenvalue weighted by atomic mass is 14.8. The Morgan fingerprint density at radius 2 is 1.60 bits per heavy atom. The van der Waals surface area contributed by atoms with E-state index >= 15 is 0 Å². The minimum Gasteiger partial charge on any atom is -0.320 e. The van der Waals surface area contributed by atoms with E-state index in [0.29, 0.717) is 0 Å². The van der Waals surface area contributed by atoms with Crippen molar-refractivity contribution in [2.75, 3.05) is 13.6 Å². The second-order valence-electron chi connectivity index (χ2n) is 2.72. The first-order valence-corrected chi connectivity index (χ1v) is 4.35. The molecule has 0 atom stereocenters. The van der Waals surface area contributed by atoms with Gasteiger partial charge in [0.25, 0.3) is 0 Å². The number of hydrogen-bond acceptors (Lipinski definition) is 1. The minimum atomic E-state index is 1.10. The zero-order valence-corrected chi connectivity index (χ0v) is 7.16. The highest BCUT2D eigenvalue weighted by Crippen LogP contribution is 2.03. The number of rotatable bonds is 7. The van der Waals surface area contributed by atoms with Gasteiger partial charge in [0.2, 0.25) is 0 Å². The molecule has 0 aliphatic carbocycles. The van der Waals surface area contributed by atoms with Gasteiger partial charge in [0, 0.05) is 0 Å². The van der Waals surface area contributed by atoms with Gasteiger partial charge in [-0.3, -0.25) is 0 Å². The van der Waals surface area contributed by atoms with Crippen LogP contribution < -0.4 is 5.32 Å². The lowest BCUT2D eigenvalue weighted by Gasteiger charge is -1.98. The van der Waals surface area contributed by atoms with Crippen molar-refractivity contribution in [2.45, 2.75) is 38.5 Å². The van der Waals surface area contributed by atoms with Crippen LogP contribution in [0, 0.1) is 6.92 Å². The highest BCUT2D eigenvalue weighted by molar-refractivity contribution is 4.47. The molecule has 0 amide bonds. The van der Waals surface area contributed by atoms with Gasteiger partial charge in [0.15, 0.2) is 0 Å². The second-order valence-corrected chi connectivity index (χ2v) is 2.72. The van der Waals surface area contributed by atoms with Crippen molar-refractivity contribution >= 4 is 0 Å². The summed E-state index contributed by atoms with van der Waals surface area (Å²) in [7, 11) is 2.01. The molecular formula is C9H20N. The Morgan fingerprint density at radius 1 is 1.00 bits per heavy atom. The molecule has 0 aromatic heterocycles. The second kappa shape index (κ2) is 8.96. The van der Waals surface area contributed by atoms with Gasteiger partial charge in [0.05, 0.1) is 0 Å².